The number of nitrogens with zero attached hydrogens (tertiary/aromatic N) is 1. The van der Waals surface area contributed by atoms with Gasteiger partial charge >= 0.3 is 5.97 Å². The van der Waals surface area contributed by atoms with Crippen LogP contribution in [0.5, 0.6) is 0 Å². The normalized spacial score (nSPS) is 47.6. The molecule has 10 N–H and O–H groups in total. The summed E-state index contributed by atoms with van der Waals surface area (Å²) in [4.78, 5) is 14.6. The Labute approximate surface area is 148 Å². The molecule has 0 bridgehead atoms. The maximum atomic E-state index is 10.8. The number of nitrogens with two attached hydrogens (primary N) is 2. The second-order valence-corrected chi connectivity index (χ2v) is 6.55. The molecule has 1 aliphatic carbocycles. The molecule has 1 saturated heterocycles. The fourth-order valence-corrected chi connectivity index (χ4v) is 3.02. The molecule has 12 nitrogen and oxygen atoms in total. The number of aliphatic imine (C=N–C) groups is 1. The van der Waals surface area contributed by atoms with Crippen LogP contribution >= 0.6 is 0 Å². The van der Waals surface area contributed by atoms with Crippen molar-refractivity contribution in [3.63, 3.8) is 0 Å². The van der Waals surface area contributed by atoms with E-state index in [0.29, 0.717) is 0 Å². The Balaban J connectivity index is 2.07. The lowest BCUT2D eigenvalue weighted by molar-refractivity contribution is -0.293. The predicted octanol–water partition coefficient (Wildman–Crippen LogP) is -4.54. The molecule has 0 aromatic carbocycles. The third-order valence-electron chi connectivity index (χ3n) is 4.64. The highest BCUT2D eigenvalue weighted by atomic mass is 16.7. The van der Waals surface area contributed by atoms with Crippen molar-refractivity contribution in [3.05, 3.63) is 0 Å². The van der Waals surface area contributed by atoms with Crippen molar-refractivity contribution in [2.75, 3.05) is 0 Å². The molecular formula is C14H25N3O9. The van der Waals surface area contributed by atoms with Gasteiger partial charge in [0.1, 0.15) is 36.6 Å². The van der Waals surface area contributed by atoms with Crippen molar-refractivity contribution in [3.8, 4) is 0 Å². The van der Waals surface area contributed by atoms with Gasteiger partial charge in [-0.2, -0.15) is 0 Å². The summed E-state index contributed by atoms with van der Waals surface area (Å²) in [5.74, 6) is -1.96. The Kier molecular flexibility index (Phi) is 6.52. The van der Waals surface area contributed by atoms with E-state index in [0.717, 1.165) is 0 Å². The number of hydrogen-bond donors (Lipinski definition) is 8. The van der Waals surface area contributed by atoms with E-state index in [4.69, 9.17) is 26.0 Å². The lowest BCUT2D eigenvalue weighted by atomic mass is 9.84. The van der Waals surface area contributed by atoms with Crippen molar-refractivity contribution in [2.24, 2.45) is 16.5 Å². The van der Waals surface area contributed by atoms with Crippen LogP contribution in [0.25, 0.3) is 0 Å². The van der Waals surface area contributed by atoms with E-state index in [1.54, 1.807) is 6.92 Å². The summed E-state index contributed by atoms with van der Waals surface area (Å²) in [6.07, 6.45) is -11.7. The van der Waals surface area contributed by atoms with Crippen molar-refractivity contribution in [1.82, 2.24) is 0 Å². The molecule has 0 aromatic rings. The minimum Gasteiger partial charge on any atom is -0.475 e. The second-order valence-electron chi connectivity index (χ2n) is 6.55. The molecule has 0 aromatic heterocycles. The summed E-state index contributed by atoms with van der Waals surface area (Å²) in [6, 6.07) is -1.46. The molecule has 26 heavy (non-hydrogen) atoms. The number of rotatable bonds is 3. The number of carbonyl (C=O) groups is 1. The van der Waals surface area contributed by atoms with Crippen LogP contribution in [0.3, 0.4) is 0 Å². The first-order valence-electron chi connectivity index (χ1n) is 8.08. The highest BCUT2D eigenvalue weighted by Gasteiger charge is 2.50. The molecule has 2 unspecified atom stereocenters. The molecule has 1 aliphatic heterocycles. The Morgan fingerprint density at radius 2 is 1.58 bits per heavy atom. The van der Waals surface area contributed by atoms with Crippen LogP contribution in [0.2, 0.25) is 0 Å². The first-order chi connectivity index (χ1) is 12.0. The third kappa shape index (κ3) is 4.13. The van der Waals surface area contributed by atoms with Gasteiger partial charge in [-0.3, -0.25) is 4.99 Å². The van der Waals surface area contributed by atoms with Crippen molar-refractivity contribution in [2.45, 2.75) is 74.4 Å². The van der Waals surface area contributed by atoms with Gasteiger partial charge in [0.25, 0.3) is 0 Å². The number of hydrogen-bond acceptors (Lipinski definition) is 10. The number of aliphatic hydroxyl groups is 5. The van der Waals surface area contributed by atoms with Crippen LogP contribution in [0.4, 0.5) is 0 Å². The third-order valence-corrected chi connectivity index (χ3v) is 4.64. The molecule has 1 heterocycles. The van der Waals surface area contributed by atoms with E-state index in [9.17, 15) is 30.3 Å². The van der Waals surface area contributed by atoms with E-state index in [-0.39, 0.29) is 6.42 Å². The molecule has 0 amide bonds. The Hall–Kier alpha value is -1.38. The van der Waals surface area contributed by atoms with Gasteiger partial charge in [-0.15, -0.1) is 0 Å². The molecule has 0 radical (unpaired) electrons. The summed E-state index contributed by atoms with van der Waals surface area (Å²) in [5.41, 5.74) is 11.2. The number of amidine groups is 1. The van der Waals surface area contributed by atoms with Crippen LogP contribution < -0.4 is 11.5 Å². The SMILES string of the molecule is C[C@@H]1O[C@@H](OC2[C@@H](O)[C@H](O)C(O)[C@@H](O)[C@H]2O)[C@H](N)C[C@H]1N=C(N)C(=O)O. The maximum Gasteiger partial charge on any atom is 0.370 e. The maximum absolute atomic E-state index is 10.8. The highest BCUT2D eigenvalue weighted by molar-refractivity contribution is 6.33. The lowest BCUT2D eigenvalue weighted by Gasteiger charge is -2.45. The number of aliphatic hydroxyl groups excluding tert-OH is 5. The zero-order chi connectivity index (χ0) is 19.8. The minimum atomic E-state index is -1.74. The predicted molar refractivity (Wildman–Crippen MR) is 84.9 cm³/mol. The van der Waals surface area contributed by atoms with Crippen molar-refractivity contribution >= 4 is 11.8 Å². The summed E-state index contributed by atoms with van der Waals surface area (Å²) in [5, 5.41) is 57.8. The van der Waals surface area contributed by atoms with Crippen LogP contribution in [0.1, 0.15) is 13.3 Å². The zero-order valence-corrected chi connectivity index (χ0v) is 14.0. The molecule has 2 rings (SSSR count). The summed E-state index contributed by atoms with van der Waals surface area (Å²) >= 11 is 0. The Morgan fingerprint density at radius 1 is 1.08 bits per heavy atom. The van der Waals surface area contributed by atoms with Gasteiger partial charge in [0.15, 0.2) is 6.29 Å². The first-order valence-corrected chi connectivity index (χ1v) is 8.08. The van der Waals surface area contributed by atoms with Gasteiger partial charge in [-0.25, -0.2) is 4.79 Å². The topological polar surface area (TPSA) is 221 Å². The number of carboxylic acid groups (broad SMARTS) is 1. The van der Waals surface area contributed by atoms with Crippen LogP contribution in [-0.4, -0.2) is 104 Å². The van der Waals surface area contributed by atoms with Gasteiger partial charge < -0.3 is 51.6 Å². The quantitative estimate of drug-likeness (QED) is 0.172. The first kappa shape index (κ1) is 20.9. The lowest BCUT2D eigenvalue weighted by Crippen LogP contribution is -2.66. The van der Waals surface area contributed by atoms with Crippen LogP contribution in [0.15, 0.2) is 4.99 Å². The average Bonchev–Trinajstić information content (AvgIpc) is 2.58. The van der Waals surface area contributed by atoms with E-state index in [2.05, 4.69) is 4.99 Å². The van der Waals surface area contributed by atoms with Gasteiger partial charge in [0.2, 0.25) is 5.84 Å². The molecule has 2 aliphatic rings. The number of aliphatic carboxylic acids is 1. The minimum absolute atomic E-state index is 0.145. The molecule has 0 spiro atoms. The van der Waals surface area contributed by atoms with E-state index >= 15 is 0 Å². The number of ether oxygens (including phenoxy) is 2. The van der Waals surface area contributed by atoms with Crippen LogP contribution in [0, 0.1) is 0 Å². The van der Waals surface area contributed by atoms with Crippen LogP contribution in [-0.2, 0) is 14.3 Å². The van der Waals surface area contributed by atoms with Gasteiger partial charge in [-0.05, 0) is 13.3 Å². The summed E-state index contributed by atoms with van der Waals surface area (Å²) in [6.45, 7) is 1.59. The highest BCUT2D eigenvalue weighted by Crippen LogP contribution is 2.29. The monoisotopic (exact) mass is 379 g/mol. The summed E-state index contributed by atoms with van der Waals surface area (Å²) < 4.78 is 11.0. The Morgan fingerprint density at radius 3 is 2.08 bits per heavy atom. The van der Waals surface area contributed by atoms with E-state index in [1.807, 2.05) is 0 Å². The molecule has 12 heteroatoms. The second kappa shape index (κ2) is 8.10. The molecule has 2 fully saturated rings. The molecule has 10 atom stereocenters. The largest absolute Gasteiger partial charge is 0.475 e. The van der Waals surface area contributed by atoms with E-state index < -0.39 is 72.9 Å². The van der Waals surface area contributed by atoms with Crippen molar-refractivity contribution < 1.29 is 44.9 Å². The van der Waals surface area contributed by atoms with Gasteiger partial charge in [-0.1, -0.05) is 0 Å². The molecular weight excluding hydrogens is 354 g/mol. The smallest absolute Gasteiger partial charge is 0.370 e. The van der Waals surface area contributed by atoms with Crippen molar-refractivity contribution in [1.29, 1.82) is 0 Å². The molecule has 1 saturated carbocycles. The van der Waals surface area contributed by atoms with Gasteiger partial charge in [0, 0.05) is 0 Å². The molecule has 150 valence electrons. The zero-order valence-electron chi connectivity index (χ0n) is 14.0. The number of carboxylic acids is 1. The standard InChI is InChI=1S/C14H25N3O9/c1-3-5(17-12(16)13(23)24)2-4(15)14(25-3)26-11-9(21)7(19)6(18)8(20)10(11)22/h3-11,14,18-22H,2,15H2,1H3,(H2,16,17)(H,23,24)/t3-,4+,5+,6?,7+,8+,9-,10+,11?,14-/m0/s1. The fraction of sp³-hybridized carbons (Fsp3) is 0.857. The fourth-order valence-electron chi connectivity index (χ4n) is 3.02. The van der Waals surface area contributed by atoms with Gasteiger partial charge in [0.05, 0.1) is 18.2 Å². The summed E-state index contributed by atoms with van der Waals surface area (Å²) in [7, 11) is 0. The average molecular weight is 379 g/mol. The van der Waals surface area contributed by atoms with E-state index in [1.165, 1.54) is 0 Å². The Bertz CT molecular complexity index is 532.